The lowest BCUT2D eigenvalue weighted by molar-refractivity contribution is 0.101. The van der Waals surface area contributed by atoms with Gasteiger partial charge in [0.25, 0.3) is 0 Å². The fourth-order valence-corrected chi connectivity index (χ4v) is 1.69. The monoisotopic (exact) mass is 206 g/mol. The molecule has 2 rings (SSSR count). The fraction of sp³-hybridized carbons (Fsp3) is 0.273. The summed E-state index contributed by atoms with van der Waals surface area (Å²) >= 11 is 0. The number of nitrogens with zero attached hydrogens (tertiary/aromatic N) is 2. The Morgan fingerprint density at radius 1 is 1.53 bits per heavy atom. The Morgan fingerprint density at radius 3 is 2.87 bits per heavy atom. The lowest BCUT2D eigenvalue weighted by Gasteiger charge is -1.98. The van der Waals surface area contributed by atoms with Crippen molar-refractivity contribution in [3.05, 3.63) is 35.5 Å². The molecule has 0 aliphatic heterocycles. The first-order chi connectivity index (χ1) is 7.13. The fourth-order valence-electron chi connectivity index (χ4n) is 1.69. The van der Waals surface area contributed by atoms with Gasteiger partial charge < -0.3 is 0 Å². The predicted octanol–water partition coefficient (Wildman–Crippen LogP) is 2.24. The van der Waals surface area contributed by atoms with Crippen molar-refractivity contribution >= 4 is 11.4 Å². The average molecular weight is 206 g/mol. The van der Waals surface area contributed by atoms with Crippen LogP contribution in [0, 0.1) is 5.82 Å². The zero-order valence-electron chi connectivity index (χ0n) is 8.62. The summed E-state index contributed by atoms with van der Waals surface area (Å²) in [6.07, 6.45) is 1.95. The van der Waals surface area contributed by atoms with Gasteiger partial charge in [-0.2, -0.15) is 0 Å². The minimum absolute atomic E-state index is 0.0926. The third kappa shape index (κ3) is 1.52. The first-order valence-corrected chi connectivity index (χ1v) is 4.81. The van der Waals surface area contributed by atoms with Crippen LogP contribution in [0.5, 0.6) is 0 Å². The van der Waals surface area contributed by atoms with Crippen LogP contribution in [-0.2, 0) is 6.42 Å². The van der Waals surface area contributed by atoms with Crippen LogP contribution in [0.15, 0.2) is 18.3 Å². The Labute approximate surface area is 86.6 Å². The molecule has 0 aliphatic carbocycles. The summed E-state index contributed by atoms with van der Waals surface area (Å²) in [5, 5.41) is 0. The normalized spacial score (nSPS) is 10.9. The van der Waals surface area contributed by atoms with Gasteiger partial charge in [-0.15, -0.1) is 0 Å². The maximum atomic E-state index is 13.0. The SMILES string of the molecule is CCc1nc2ccc(F)cn2c1C(C)=O. The molecule has 3 nitrogen and oxygen atoms in total. The number of ketones is 1. The van der Waals surface area contributed by atoms with Crippen LogP contribution in [0.3, 0.4) is 0 Å². The topological polar surface area (TPSA) is 34.4 Å². The molecule has 0 unspecified atom stereocenters. The number of carbonyl (C=O) groups is 1. The number of Topliss-reactive ketones (excluding diaryl/α,β-unsaturated/α-hetero) is 1. The van der Waals surface area contributed by atoms with E-state index < -0.39 is 0 Å². The summed E-state index contributed by atoms with van der Waals surface area (Å²) in [4.78, 5) is 15.7. The first kappa shape index (κ1) is 9.83. The standard InChI is InChI=1S/C11H11FN2O/c1-3-9-11(7(2)15)14-6-8(12)4-5-10(14)13-9/h4-6H,3H2,1-2H3. The molecule has 0 aliphatic rings. The van der Waals surface area contributed by atoms with Gasteiger partial charge in [0.15, 0.2) is 5.78 Å². The molecule has 0 N–H and O–H groups in total. The lowest BCUT2D eigenvalue weighted by Crippen LogP contribution is -2.02. The number of hydrogen-bond donors (Lipinski definition) is 0. The van der Waals surface area contributed by atoms with Crippen molar-refractivity contribution in [3.63, 3.8) is 0 Å². The Bertz CT molecular complexity index is 531. The Balaban J connectivity index is 2.82. The molecular weight excluding hydrogens is 195 g/mol. The van der Waals surface area contributed by atoms with Crippen molar-refractivity contribution in [2.24, 2.45) is 0 Å². The van der Waals surface area contributed by atoms with Gasteiger partial charge >= 0.3 is 0 Å². The summed E-state index contributed by atoms with van der Waals surface area (Å²) in [7, 11) is 0. The third-order valence-corrected chi connectivity index (χ3v) is 2.32. The quantitative estimate of drug-likeness (QED) is 0.706. The molecule has 15 heavy (non-hydrogen) atoms. The summed E-state index contributed by atoms with van der Waals surface area (Å²) < 4.78 is 14.5. The van der Waals surface area contributed by atoms with Crippen LogP contribution in [0.1, 0.15) is 30.0 Å². The predicted molar refractivity (Wildman–Crippen MR) is 54.5 cm³/mol. The van der Waals surface area contributed by atoms with Crippen molar-refractivity contribution in [2.75, 3.05) is 0 Å². The molecule has 0 radical (unpaired) electrons. The van der Waals surface area contributed by atoms with E-state index in [1.54, 1.807) is 6.07 Å². The van der Waals surface area contributed by atoms with Crippen LogP contribution >= 0.6 is 0 Å². The molecule has 78 valence electrons. The van der Waals surface area contributed by atoms with E-state index in [1.165, 1.54) is 23.6 Å². The molecule has 0 aromatic carbocycles. The molecule has 2 aromatic heterocycles. The number of imidazole rings is 1. The molecule has 2 heterocycles. The van der Waals surface area contributed by atoms with E-state index in [-0.39, 0.29) is 11.6 Å². The highest BCUT2D eigenvalue weighted by Gasteiger charge is 2.14. The molecule has 0 amide bonds. The van der Waals surface area contributed by atoms with Crippen LogP contribution in [-0.4, -0.2) is 15.2 Å². The van der Waals surface area contributed by atoms with Gasteiger partial charge in [0.05, 0.1) is 5.69 Å². The molecule has 0 fully saturated rings. The number of pyridine rings is 1. The van der Waals surface area contributed by atoms with Gasteiger partial charge in [0.2, 0.25) is 0 Å². The Hall–Kier alpha value is -1.71. The number of halogens is 1. The van der Waals surface area contributed by atoms with Gasteiger partial charge in [0.1, 0.15) is 17.2 Å². The Morgan fingerprint density at radius 2 is 2.27 bits per heavy atom. The number of hydrogen-bond acceptors (Lipinski definition) is 2. The number of aromatic nitrogens is 2. The van der Waals surface area contributed by atoms with E-state index in [9.17, 15) is 9.18 Å². The van der Waals surface area contributed by atoms with Crippen LogP contribution in [0.25, 0.3) is 5.65 Å². The van der Waals surface area contributed by atoms with Crippen LogP contribution in [0.2, 0.25) is 0 Å². The largest absolute Gasteiger partial charge is 0.294 e. The van der Waals surface area contributed by atoms with Gasteiger partial charge in [-0.1, -0.05) is 6.92 Å². The van der Waals surface area contributed by atoms with E-state index in [1.807, 2.05) is 6.92 Å². The minimum atomic E-state index is -0.370. The van der Waals surface area contributed by atoms with E-state index in [0.717, 1.165) is 0 Å². The zero-order valence-corrected chi connectivity index (χ0v) is 8.62. The molecular formula is C11H11FN2O. The third-order valence-electron chi connectivity index (χ3n) is 2.32. The molecule has 0 saturated carbocycles. The number of fused-ring (bicyclic) bond motifs is 1. The molecule has 4 heteroatoms. The summed E-state index contributed by atoms with van der Waals surface area (Å²) in [5.41, 5.74) is 1.80. The van der Waals surface area contributed by atoms with Crippen molar-refractivity contribution in [1.82, 2.24) is 9.38 Å². The van der Waals surface area contributed by atoms with Crippen molar-refractivity contribution < 1.29 is 9.18 Å². The average Bonchev–Trinajstić information content (AvgIpc) is 2.55. The maximum absolute atomic E-state index is 13.0. The molecule has 2 aromatic rings. The molecule has 0 bridgehead atoms. The lowest BCUT2D eigenvalue weighted by atomic mass is 10.2. The second-order valence-electron chi connectivity index (χ2n) is 3.39. The highest BCUT2D eigenvalue weighted by molar-refractivity contribution is 5.94. The summed E-state index contributed by atoms with van der Waals surface area (Å²) in [6.45, 7) is 3.39. The highest BCUT2D eigenvalue weighted by atomic mass is 19.1. The summed E-state index contributed by atoms with van der Waals surface area (Å²) in [5.74, 6) is -0.463. The number of aryl methyl sites for hydroxylation is 1. The molecule has 0 atom stereocenters. The minimum Gasteiger partial charge on any atom is -0.294 e. The van der Waals surface area contributed by atoms with E-state index in [0.29, 0.717) is 23.5 Å². The number of rotatable bonds is 2. The summed E-state index contributed by atoms with van der Waals surface area (Å²) in [6, 6.07) is 2.91. The van der Waals surface area contributed by atoms with Crippen LogP contribution in [0.4, 0.5) is 4.39 Å². The second kappa shape index (κ2) is 3.46. The highest BCUT2D eigenvalue weighted by Crippen LogP contribution is 2.14. The molecule has 0 spiro atoms. The second-order valence-corrected chi connectivity index (χ2v) is 3.39. The van der Waals surface area contributed by atoms with Gasteiger partial charge in [-0.25, -0.2) is 9.37 Å². The molecule has 0 saturated heterocycles. The van der Waals surface area contributed by atoms with Gasteiger partial charge in [-0.3, -0.25) is 9.20 Å². The van der Waals surface area contributed by atoms with Crippen LogP contribution < -0.4 is 0 Å². The zero-order chi connectivity index (χ0) is 11.0. The van der Waals surface area contributed by atoms with Gasteiger partial charge in [0, 0.05) is 13.1 Å². The van der Waals surface area contributed by atoms with E-state index in [4.69, 9.17) is 0 Å². The van der Waals surface area contributed by atoms with E-state index in [2.05, 4.69) is 4.98 Å². The van der Waals surface area contributed by atoms with Gasteiger partial charge in [-0.05, 0) is 18.6 Å². The van der Waals surface area contributed by atoms with Crippen molar-refractivity contribution in [3.8, 4) is 0 Å². The first-order valence-electron chi connectivity index (χ1n) is 4.81. The Kier molecular flexibility index (Phi) is 2.26. The maximum Gasteiger partial charge on any atom is 0.178 e. The van der Waals surface area contributed by atoms with Crippen molar-refractivity contribution in [1.29, 1.82) is 0 Å². The number of carbonyl (C=O) groups excluding carboxylic acids is 1. The van der Waals surface area contributed by atoms with Crippen molar-refractivity contribution in [2.45, 2.75) is 20.3 Å². The smallest absolute Gasteiger partial charge is 0.178 e. The van der Waals surface area contributed by atoms with E-state index >= 15 is 0 Å².